The fourth-order valence-corrected chi connectivity index (χ4v) is 6.23. The third kappa shape index (κ3) is 3.46. The molecule has 0 spiro atoms. The van der Waals surface area contributed by atoms with E-state index in [4.69, 9.17) is 4.98 Å². The fourth-order valence-electron chi connectivity index (χ4n) is 5.04. The van der Waals surface area contributed by atoms with Crippen LogP contribution in [0.4, 0.5) is 0 Å². The van der Waals surface area contributed by atoms with Gasteiger partial charge < -0.3 is 0 Å². The zero-order valence-electron chi connectivity index (χ0n) is 18.9. The van der Waals surface area contributed by atoms with Crippen molar-refractivity contribution in [2.24, 2.45) is 0 Å². The highest BCUT2D eigenvalue weighted by Gasteiger charge is 2.20. The predicted molar refractivity (Wildman–Crippen MR) is 143 cm³/mol. The second-order valence-electron chi connectivity index (χ2n) is 8.84. The molecule has 0 saturated heterocycles. The number of aromatic nitrogens is 1. The molecule has 0 saturated carbocycles. The van der Waals surface area contributed by atoms with Crippen LogP contribution in [0.1, 0.15) is 29.5 Å². The zero-order valence-corrected chi connectivity index (χ0v) is 19.7. The number of nitrogens with zero attached hydrogens (tertiary/aromatic N) is 1. The van der Waals surface area contributed by atoms with Gasteiger partial charge in [0.1, 0.15) is 0 Å². The molecule has 0 fully saturated rings. The summed E-state index contributed by atoms with van der Waals surface area (Å²) >= 11 is 1.89. The highest BCUT2D eigenvalue weighted by Crippen LogP contribution is 2.47. The number of allylic oxidation sites excluding steroid dienone is 4. The summed E-state index contributed by atoms with van der Waals surface area (Å²) in [5, 5.41) is 6.42. The third-order valence-electron chi connectivity index (χ3n) is 6.59. The van der Waals surface area contributed by atoms with E-state index in [1.807, 2.05) is 11.8 Å². The van der Waals surface area contributed by atoms with Gasteiger partial charge in [-0.15, -0.1) is 0 Å². The number of benzene rings is 4. The van der Waals surface area contributed by atoms with E-state index in [2.05, 4.69) is 105 Å². The largest absolute Gasteiger partial charge is 0.256 e. The Labute approximate surface area is 198 Å². The van der Waals surface area contributed by atoms with Gasteiger partial charge >= 0.3 is 0 Å². The number of pyridine rings is 1. The number of para-hydroxylation sites is 1. The molecule has 5 aromatic rings. The van der Waals surface area contributed by atoms with Crippen molar-refractivity contribution in [1.29, 1.82) is 0 Å². The van der Waals surface area contributed by atoms with Crippen molar-refractivity contribution in [1.82, 2.24) is 4.98 Å². The average molecular weight is 444 g/mol. The van der Waals surface area contributed by atoms with E-state index >= 15 is 0 Å². The summed E-state index contributed by atoms with van der Waals surface area (Å²) in [5.74, 6) is 0. The number of hydrogen-bond acceptors (Lipinski definition) is 2. The monoisotopic (exact) mass is 443 g/mol. The summed E-state index contributed by atoms with van der Waals surface area (Å²) in [7, 11) is 0. The first-order valence-corrected chi connectivity index (χ1v) is 12.4. The SMILES string of the molecule is Cc1ccc(Sc2c3ccccc3c(C3=CC=CCC3)c3cnc4ccccc4c23)c(C)c1. The average Bonchev–Trinajstić information content (AvgIpc) is 2.85. The maximum Gasteiger partial charge on any atom is 0.0708 e. The molecule has 4 aromatic carbocycles. The predicted octanol–water partition coefficient (Wildman–Crippen LogP) is 9.04. The molecular weight excluding hydrogens is 418 g/mol. The Morgan fingerprint density at radius 2 is 1.61 bits per heavy atom. The second-order valence-corrected chi connectivity index (χ2v) is 9.90. The molecule has 1 nitrogen and oxygen atoms in total. The molecule has 33 heavy (non-hydrogen) atoms. The van der Waals surface area contributed by atoms with Crippen LogP contribution < -0.4 is 0 Å². The molecule has 0 bridgehead atoms. The lowest BCUT2D eigenvalue weighted by Crippen LogP contribution is -1.96. The summed E-state index contributed by atoms with van der Waals surface area (Å²) in [4.78, 5) is 7.52. The molecule has 0 N–H and O–H groups in total. The number of hydrogen-bond donors (Lipinski definition) is 0. The molecular formula is C31H25NS. The minimum Gasteiger partial charge on any atom is -0.256 e. The van der Waals surface area contributed by atoms with E-state index in [1.54, 1.807) is 0 Å². The summed E-state index contributed by atoms with van der Waals surface area (Å²) in [5.41, 5.74) is 6.41. The quantitative estimate of drug-likeness (QED) is 0.204. The zero-order chi connectivity index (χ0) is 22.4. The van der Waals surface area contributed by atoms with Crippen LogP contribution in [0.25, 0.3) is 38.0 Å². The van der Waals surface area contributed by atoms with Crippen molar-refractivity contribution in [2.75, 3.05) is 0 Å². The Hall–Kier alpha value is -3.36. The first kappa shape index (κ1) is 20.3. The Morgan fingerprint density at radius 1 is 0.818 bits per heavy atom. The van der Waals surface area contributed by atoms with E-state index in [1.165, 1.54) is 59.0 Å². The number of fused-ring (bicyclic) bond motifs is 4. The Balaban J connectivity index is 1.77. The minimum atomic E-state index is 1.05. The van der Waals surface area contributed by atoms with Gasteiger partial charge in [0.25, 0.3) is 0 Å². The van der Waals surface area contributed by atoms with Crippen LogP contribution in [0.2, 0.25) is 0 Å². The smallest absolute Gasteiger partial charge is 0.0708 e. The lowest BCUT2D eigenvalue weighted by atomic mass is 9.88. The van der Waals surface area contributed by atoms with Crippen LogP contribution in [-0.4, -0.2) is 4.98 Å². The second kappa shape index (κ2) is 8.20. The van der Waals surface area contributed by atoms with Crippen molar-refractivity contribution in [3.8, 4) is 0 Å². The molecule has 0 atom stereocenters. The molecule has 1 aromatic heterocycles. The fraction of sp³-hybridized carbons (Fsp3) is 0.129. The minimum absolute atomic E-state index is 1.05. The van der Waals surface area contributed by atoms with E-state index in [9.17, 15) is 0 Å². The van der Waals surface area contributed by atoms with Gasteiger partial charge in [0.05, 0.1) is 5.52 Å². The van der Waals surface area contributed by atoms with E-state index in [0.717, 1.165) is 18.4 Å². The Bertz CT molecular complexity index is 1610. The molecule has 0 radical (unpaired) electrons. The highest BCUT2D eigenvalue weighted by atomic mass is 32.2. The van der Waals surface area contributed by atoms with Gasteiger partial charge in [-0.25, -0.2) is 0 Å². The first-order chi connectivity index (χ1) is 16.2. The number of aryl methyl sites for hydroxylation is 2. The van der Waals surface area contributed by atoms with Gasteiger partial charge in [-0.2, -0.15) is 0 Å². The molecule has 6 rings (SSSR count). The maximum absolute atomic E-state index is 4.89. The van der Waals surface area contributed by atoms with Gasteiger partial charge in [-0.3, -0.25) is 4.98 Å². The Morgan fingerprint density at radius 3 is 2.39 bits per heavy atom. The summed E-state index contributed by atoms with van der Waals surface area (Å²) in [6.45, 7) is 4.37. The molecule has 160 valence electrons. The van der Waals surface area contributed by atoms with Gasteiger partial charge in [0, 0.05) is 32.1 Å². The summed E-state index contributed by atoms with van der Waals surface area (Å²) in [6, 6.07) is 24.2. The number of rotatable bonds is 3. The van der Waals surface area contributed by atoms with Gasteiger partial charge in [0.2, 0.25) is 0 Å². The van der Waals surface area contributed by atoms with Crippen LogP contribution in [0.5, 0.6) is 0 Å². The van der Waals surface area contributed by atoms with Crippen molar-refractivity contribution >= 4 is 49.8 Å². The maximum atomic E-state index is 4.89. The van der Waals surface area contributed by atoms with Crippen LogP contribution in [0.3, 0.4) is 0 Å². The lowest BCUT2D eigenvalue weighted by Gasteiger charge is -2.20. The van der Waals surface area contributed by atoms with E-state index in [0.29, 0.717) is 0 Å². The van der Waals surface area contributed by atoms with Gasteiger partial charge in [-0.05, 0) is 66.3 Å². The topological polar surface area (TPSA) is 12.9 Å². The molecule has 0 amide bonds. The van der Waals surface area contributed by atoms with Gasteiger partial charge in [0.15, 0.2) is 0 Å². The standard InChI is InChI=1S/C31H25NS/c1-20-16-17-28(21(2)18-20)33-31-24-13-7-6-12-23(24)29(22-10-4-3-5-11-22)26-19-32-27-15-9-8-14-25(27)30(26)31/h3-4,6-10,12-19H,5,11H2,1-2H3. The van der Waals surface area contributed by atoms with E-state index in [-0.39, 0.29) is 0 Å². The molecule has 1 aliphatic carbocycles. The van der Waals surface area contributed by atoms with Crippen molar-refractivity contribution in [2.45, 2.75) is 36.5 Å². The summed E-state index contributed by atoms with van der Waals surface area (Å²) in [6.07, 6.45) is 11.0. The van der Waals surface area contributed by atoms with Crippen molar-refractivity contribution in [3.63, 3.8) is 0 Å². The lowest BCUT2D eigenvalue weighted by molar-refractivity contribution is 1.06. The molecule has 0 aliphatic heterocycles. The first-order valence-electron chi connectivity index (χ1n) is 11.5. The van der Waals surface area contributed by atoms with Crippen LogP contribution in [-0.2, 0) is 0 Å². The summed E-state index contributed by atoms with van der Waals surface area (Å²) < 4.78 is 0. The van der Waals surface area contributed by atoms with Gasteiger partial charge in [-0.1, -0.05) is 90.2 Å². The van der Waals surface area contributed by atoms with Crippen LogP contribution in [0, 0.1) is 13.8 Å². The molecule has 1 heterocycles. The Kier molecular flexibility index (Phi) is 5.04. The van der Waals surface area contributed by atoms with E-state index < -0.39 is 0 Å². The molecule has 2 heteroatoms. The van der Waals surface area contributed by atoms with Crippen LogP contribution >= 0.6 is 11.8 Å². The molecule has 0 unspecified atom stereocenters. The highest BCUT2D eigenvalue weighted by molar-refractivity contribution is 7.99. The third-order valence-corrected chi connectivity index (χ3v) is 7.90. The van der Waals surface area contributed by atoms with Crippen molar-refractivity contribution in [3.05, 3.63) is 108 Å². The van der Waals surface area contributed by atoms with Crippen molar-refractivity contribution < 1.29 is 0 Å². The molecule has 1 aliphatic rings. The normalized spacial score (nSPS) is 13.7. The van der Waals surface area contributed by atoms with Crippen LogP contribution in [0.15, 0.2) is 101 Å².